The molecule has 2 amide bonds. The molecule has 218 valence electrons. The number of fused-ring (bicyclic) bond motifs is 3. The van der Waals surface area contributed by atoms with E-state index in [2.05, 4.69) is 39.8 Å². The van der Waals surface area contributed by atoms with Gasteiger partial charge >= 0.3 is 12.1 Å². The summed E-state index contributed by atoms with van der Waals surface area (Å²) in [5.41, 5.74) is 4.06. The smallest absolute Gasteiger partial charge is 0.407 e. The van der Waals surface area contributed by atoms with Gasteiger partial charge in [-0.3, -0.25) is 9.69 Å². The summed E-state index contributed by atoms with van der Waals surface area (Å²) in [6, 6.07) is 26.3. The van der Waals surface area contributed by atoms with Gasteiger partial charge in [0, 0.05) is 38.5 Å². The van der Waals surface area contributed by atoms with Crippen molar-refractivity contribution in [3.05, 3.63) is 95.6 Å². The fourth-order valence-electron chi connectivity index (χ4n) is 6.85. The monoisotopic (exact) mass is 567 g/mol. The molecule has 2 aliphatic carbocycles. The third kappa shape index (κ3) is 5.63. The number of alkyl carbamates (subject to hydrolysis) is 1. The van der Waals surface area contributed by atoms with Crippen LogP contribution in [-0.4, -0.2) is 59.8 Å². The molecule has 1 saturated carbocycles. The Morgan fingerprint density at radius 1 is 0.881 bits per heavy atom. The summed E-state index contributed by atoms with van der Waals surface area (Å²) >= 11 is 0. The van der Waals surface area contributed by atoms with Gasteiger partial charge in [0.05, 0.1) is 0 Å². The standard InChI is InChI=1S/C34H37N3O5/c38-30(36-34(31(39)40)17-18-37(23-34)20-24-9-2-1-3-10-24)19-33(15-8-16-33)22-35-32(41)42-21-29-27-13-6-4-11-25(27)26-12-5-7-14-28(26)29/h1-7,9-14,29H,8,15-23H2,(H,35,41)(H,36,38)(H,39,40). The van der Waals surface area contributed by atoms with Crippen LogP contribution in [0.15, 0.2) is 78.9 Å². The van der Waals surface area contributed by atoms with Crippen LogP contribution < -0.4 is 10.6 Å². The molecule has 1 heterocycles. The van der Waals surface area contributed by atoms with Crippen molar-refractivity contribution in [2.24, 2.45) is 5.41 Å². The minimum Gasteiger partial charge on any atom is -0.479 e. The fourth-order valence-corrected chi connectivity index (χ4v) is 6.85. The van der Waals surface area contributed by atoms with Crippen molar-refractivity contribution < 1.29 is 24.2 Å². The molecule has 3 aliphatic rings. The Morgan fingerprint density at radius 3 is 2.14 bits per heavy atom. The average Bonchev–Trinajstić information content (AvgIpc) is 3.53. The number of benzene rings is 3. The summed E-state index contributed by atoms with van der Waals surface area (Å²) in [6.45, 7) is 2.04. The lowest BCUT2D eigenvalue weighted by molar-refractivity contribution is -0.147. The Morgan fingerprint density at radius 2 is 1.52 bits per heavy atom. The molecule has 0 radical (unpaired) electrons. The Bertz CT molecular complexity index is 1430. The van der Waals surface area contributed by atoms with E-state index < -0.39 is 23.0 Å². The van der Waals surface area contributed by atoms with E-state index in [4.69, 9.17) is 4.74 Å². The van der Waals surface area contributed by atoms with Gasteiger partial charge in [-0.25, -0.2) is 9.59 Å². The fraction of sp³-hybridized carbons (Fsp3) is 0.382. The number of nitrogens with one attached hydrogen (secondary N) is 2. The third-order valence-corrected chi connectivity index (χ3v) is 9.29. The molecule has 1 saturated heterocycles. The predicted molar refractivity (Wildman–Crippen MR) is 159 cm³/mol. The second-order valence-corrected chi connectivity index (χ2v) is 12.1. The van der Waals surface area contributed by atoms with E-state index in [1.807, 2.05) is 54.6 Å². The molecule has 8 heteroatoms. The number of likely N-dealkylation sites (tertiary alicyclic amines) is 1. The highest BCUT2D eigenvalue weighted by Gasteiger charge is 2.48. The van der Waals surface area contributed by atoms with Crippen LogP contribution in [0.3, 0.4) is 0 Å². The molecule has 3 aromatic rings. The quantitative estimate of drug-likeness (QED) is 0.321. The van der Waals surface area contributed by atoms with Gasteiger partial charge in [-0.2, -0.15) is 0 Å². The topological polar surface area (TPSA) is 108 Å². The molecular formula is C34H37N3O5. The molecule has 42 heavy (non-hydrogen) atoms. The zero-order chi connectivity index (χ0) is 29.2. The van der Waals surface area contributed by atoms with Crippen LogP contribution in [0.25, 0.3) is 11.1 Å². The lowest BCUT2D eigenvalue weighted by Crippen LogP contribution is -2.57. The van der Waals surface area contributed by atoms with E-state index in [1.165, 1.54) is 11.1 Å². The minimum absolute atomic E-state index is 0.0216. The van der Waals surface area contributed by atoms with Crippen molar-refractivity contribution in [1.82, 2.24) is 15.5 Å². The molecule has 3 N–H and O–H groups in total. The largest absolute Gasteiger partial charge is 0.479 e. The highest BCUT2D eigenvalue weighted by Crippen LogP contribution is 2.45. The molecule has 3 aromatic carbocycles. The summed E-state index contributed by atoms with van der Waals surface area (Å²) in [5, 5.41) is 15.9. The zero-order valence-electron chi connectivity index (χ0n) is 23.7. The predicted octanol–water partition coefficient (Wildman–Crippen LogP) is 4.93. The average molecular weight is 568 g/mol. The number of hydrogen-bond acceptors (Lipinski definition) is 5. The molecule has 2 fully saturated rings. The molecule has 0 bridgehead atoms. The van der Waals surface area contributed by atoms with Crippen molar-refractivity contribution in [3.63, 3.8) is 0 Å². The maximum Gasteiger partial charge on any atom is 0.407 e. The van der Waals surface area contributed by atoms with E-state index in [0.29, 0.717) is 26.1 Å². The van der Waals surface area contributed by atoms with Crippen LogP contribution in [-0.2, 0) is 20.9 Å². The van der Waals surface area contributed by atoms with Crippen LogP contribution >= 0.6 is 0 Å². The summed E-state index contributed by atoms with van der Waals surface area (Å²) in [4.78, 5) is 40.4. The lowest BCUT2D eigenvalue weighted by Gasteiger charge is -2.42. The van der Waals surface area contributed by atoms with Crippen LogP contribution in [0.5, 0.6) is 0 Å². The second kappa shape index (κ2) is 11.6. The molecular weight excluding hydrogens is 530 g/mol. The van der Waals surface area contributed by atoms with Gasteiger partial charge in [0.15, 0.2) is 5.54 Å². The second-order valence-electron chi connectivity index (χ2n) is 12.1. The van der Waals surface area contributed by atoms with Crippen LogP contribution in [0.4, 0.5) is 4.79 Å². The number of nitrogens with zero attached hydrogens (tertiary/aromatic N) is 1. The summed E-state index contributed by atoms with van der Waals surface area (Å²) in [6.07, 6.45) is 2.58. The summed E-state index contributed by atoms with van der Waals surface area (Å²) in [5.74, 6) is -1.31. The number of carbonyl (C=O) groups excluding carboxylic acids is 2. The Labute approximate surface area is 246 Å². The summed E-state index contributed by atoms with van der Waals surface area (Å²) < 4.78 is 5.69. The molecule has 0 spiro atoms. The van der Waals surface area contributed by atoms with E-state index in [1.54, 1.807) is 0 Å². The molecule has 1 atom stereocenters. The van der Waals surface area contributed by atoms with Gasteiger partial charge in [0.25, 0.3) is 0 Å². The summed E-state index contributed by atoms with van der Waals surface area (Å²) in [7, 11) is 0. The van der Waals surface area contributed by atoms with E-state index in [-0.39, 0.29) is 31.4 Å². The zero-order valence-corrected chi connectivity index (χ0v) is 23.7. The number of carboxylic acids is 1. The number of rotatable bonds is 10. The highest BCUT2D eigenvalue weighted by atomic mass is 16.5. The van der Waals surface area contributed by atoms with E-state index >= 15 is 0 Å². The van der Waals surface area contributed by atoms with Crippen molar-refractivity contribution >= 4 is 18.0 Å². The van der Waals surface area contributed by atoms with Crippen LogP contribution in [0, 0.1) is 5.41 Å². The maximum atomic E-state index is 13.2. The first-order chi connectivity index (χ1) is 20.4. The lowest BCUT2D eigenvalue weighted by atomic mass is 9.66. The number of ether oxygens (including phenoxy) is 1. The van der Waals surface area contributed by atoms with Crippen molar-refractivity contribution in [3.8, 4) is 11.1 Å². The number of hydrogen-bond donors (Lipinski definition) is 3. The molecule has 8 nitrogen and oxygen atoms in total. The van der Waals surface area contributed by atoms with Gasteiger partial charge in [-0.15, -0.1) is 0 Å². The van der Waals surface area contributed by atoms with E-state index in [0.717, 1.165) is 36.0 Å². The first-order valence-corrected chi connectivity index (χ1v) is 14.8. The number of aliphatic carboxylic acids is 1. The Kier molecular flexibility index (Phi) is 7.73. The van der Waals surface area contributed by atoms with Crippen molar-refractivity contribution in [2.45, 2.75) is 50.1 Å². The first kappa shape index (κ1) is 28.0. The molecule has 0 aromatic heterocycles. The highest BCUT2D eigenvalue weighted by molar-refractivity contribution is 5.88. The van der Waals surface area contributed by atoms with Gasteiger partial charge < -0.3 is 20.5 Å². The number of amides is 2. The normalized spacial score (nSPS) is 20.7. The van der Waals surface area contributed by atoms with Crippen LogP contribution in [0.1, 0.15) is 54.7 Å². The maximum absolute atomic E-state index is 13.2. The van der Waals surface area contributed by atoms with Crippen LogP contribution in [0.2, 0.25) is 0 Å². The van der Waals surface area contributed by atoms with Gasteiger partial charge in [0.2, 0.25) is 5.91 Å². The van der Waals surface area contributed by atoms with Crippen molar-refractivity contribution in [2.75, 3.05) is 26.2 Å². The first-order valence-electron chi connectivity index (χ1n) is 14.8. The molecule has 1 unspecified atom stereocenters. The minimum atomic E-state index is -1.31. The van der Waals surface area contributed by atoms with Gasteiger partial charge in [-0.05, 0) is 52.5 Å². The molecule has 1 aliphatic heterocycles. The van der Waals surface area contributed by atoms with E-state index in [9.17, 15) is 19.5 Å². The SMILES string of the molecule is O=C(CC1(CNC(=O)OCC2c3ccccc3-c3ccccc32)CCC1)NC1(C(=O)O)CCN(Cc2ccccc2)C1. The van der Waals surface area contributed by atoms with Gasteiger partial charge in [-0.1, -0.05) is 85.3 Å². The number of carboxylic acid groups (broad SMARTS) is 1. The Hall–Kier alpha value is -4.17. The van der Waals surface area contributed by atoms with Gasteiger partial charge in [0.1, 0.15) is 6.61 Å². The van der Waals surface area contributed by atoms with Crippen molar-refractivity contribution in [1.29, 1.82) is 0 Å². The molecule has 6 rings (SSSR count). The third-order valence-electron chi connectivity index (χ3n) is 9.29. The Balaban J connectivity index is 1.02. The number of carbonyl (C=O) groups is 3.